The van der Waals surface area contributed by atoms with E-state index in [9.17, 15) is 19.5 Å². The monoisotopic (exact) mass is 509 g/mol. The Balaban J connectivity index is 1.88. The molecule has 0 aliphatic heterocycles. The average Bonchev–Trinajstić information content (AvgIpc) is 2.81. The number of hydrogen-bond acceptors (Lipinski definition) is 6. The summed E-state index contributed by atoms with van der Waals surface area (Å²) >= 11 is 4.22. The average molecular weight is 510 g/mol. The molecule has 0 radical (unpaired) electrons. The second-order valence-electron chi connectivity index (χ2n) is 9.38. The van der Waals surface area contributed by atoms with Crippen molar-refractivity contribution in [1.82, 2.24) is 10.2 Å². The topological polar surface area (TPSA) is 108 Å². The molecule has 0 aliphatic carbocycles. The predicted octanol–water partition coefficient (Wildman–Crippen LogP) is 4.51. The second-order valence-corrected chi connectivity index (χ2v) is 9.74. The molecule has 8 nitrogen and oxygen atoms in total. The maximum absolute atomic E-state index is 13.5. The summed E-state index contributed by atoms with van der Waals surface area (Å²) in [6.45, 7) is 5.14. The summed E-state index contributed by atoms with van der Waals surface area (Å²) in [4.78, 5) is 40.4. The molecule has 3 N–H and O–H groups in total. The van der Waals surface area contributed by atoms with Crippen molar-refractivity contribution in [3.63, 3.8) is 0 Å². The molecule has 0 saturated carbocycles. The lowest BCUT2D eigenvalue weighted by Crippen LogP contribution is -2.52. The third-order valence-electron chi connectivity index (χ3n) is 5.36. The zero-order valence-corrected chi connectivity index (χ0v) is 21.6. The smallest absolute Gasteiger partial charge is 0.408 e. The van der Waals surface area contributed by atoms with Gasteiger partial charge < -0.3 is 25.4 Å². The number of phenolic OH excluding ortho intramolecular Hbond substituents is 1. The molecule has 0 saturated heterocycles. The normalized spacial score (nSPS) is 12.9. The molecule has 0 fully saturated rings. The first-order chi connectivity index (χ1) is 17.0. The van der Waals surface area contributed by atoms with Crippen LogP contribution in [0.15, 0.2) is 66.7 Å². The van der Waals surface area contributed by atoms with Crippen molar-refractivity contribution in [2.75, 3.05) is 18.1 Å². The Kier molecular flexibility index (Phi) is 8.47. The largest absolute Gasteiger partial charge is 0.508 e. The molecule has 190 valence electrons. The van der Waals surface area contributed by atoms with E-state index >= 15 is 0 Å². The number of hydrogen-bond donors (Lipinski definition) is 4. The van der Waals surface area contributed by atoms with E-state index in [1.54, 1.807) is 39.0 Å². The van der Waals surface area contributed by atoms with E-state index in [1.807, 2.05) is 36.4 Å². The number of aromatic hydroxyl groups is 1. The van der Waals surface area contributed by atoms with Crippen molar-refractivity contribution >= 4 is 47.0 Å². The van der Waals surface area contributed by atoms with Gasteiger partial charge in [0, 0.05) is 18.5 Å². The summed E-state index contributed by atoms with van der Waals surface area (Å²) in [5.74, 6) is -1.09. The van der Waals surface area contributed by atoms with Crippen molar-refractivity contribution in [3.8, 4) is 5.75 Å². The number of nitrogens with one attached hydrogen (secondary N) is 2. The van der Waals surface area contributed by atoms with Crippen molar-refractivity contribution in [2.24, 2.45) is 0 Å². The Morgan fingerprint density at radius 2 is 1.69 bits per heavy atom. The van der Waals surface area contributed by atoms with Crippen LogP contribution in [0.1, 0.15) is 32.4 Å². The molecule has 36 heavy (non-hydrogen) atoms. The minimum absolute atomic E-state index is 0.0124. The lowest BCUT2D eigenvalue weighted by atomic mass is 10.0. The highest BCUT2D eigenvalue weighted by Gasteiger charge is 2.34. The minimum atomic E-state index is -1.10. The van der Waals surface area contributed by atoms with Gasteiger partial charge in [-0.2, -0.15) is 12.6 Å². The Labute approximate surface area is 216 Å². The molecule has 2 atom stereocenters. The summed E-state index contributed by atoms with van der Waals surface area (Å²) in [5, 5.41) is 17.4. The van der Waals surface area contributed by atoms with Gasteiger partial charge in [0.2, 0.25) is 5.91 Å². The maximum Gasteiger partial charge on any atom is 0.408 e. The van der Waals surface area contributed by atoms with E-state index < -0.39 is 35.6 Å². The number of benzene rings is 3. The van der Waals surface area contributed by atoms with E-state index in [4.69, 9.17) is 4.74 Å². The first-order valence-corrected chi connectivity index (χ1v) is 12.1. The number of carbonyl (C=O) groups is 3. The zero-order chi connectivity index (χ0) is 26.5. The van der Waals surface area contributed by atoms with Crippen molar-refractivity contribution in [1.29, 1.82) is 0 Å². The molecule has 0 heterocycles. The van der Waals surface area contributed by atoms with Gasteiger partial charge >= 0.3 is 6.09 Å². The van der Waals surface area contributed by atoms with Crippen LogP contribution >= 0.6 is 12.6 Å². The summed E-state index contributed by atoms with van der Waals surface area (Å²) in [5.41, 5.74) is 0.214. The first kappa shape index (κ1) is 26.9. The lowest BCUT2D eigenvalue weighted by molar-refractivity contribution is -0.138. The van der Waals surface area contributed by atoms with Crippen LogP contribution in [0.2, 0.25) is 0 Å². The molecule has 3 aromatic carbocycles. The number of anilines is 1. The fourth-order valence-electron chi connectivity index (χ4n) is 3.73. The van der Waals surface area contributed by atoms with Crippen LogP contribution in [0.4, 0.5) is 10.5 Å². The number of nitrogens with zero attached hydrogens (tertiary/aromatic N) is 1. The van der Waals surface area contributed by atoms with Gasteiger partial charge in [-0.15, -0.1) is 0 Å². The molecule has 0 spiro atoms. The number of fused-ring (bicyclic) bond motifs is 1. The van der Waals surface area contributed by atoms with Crippen molar-refractivity contribution < 1.29 is 24.2 Å². The van der Waals surface area contributed by atoms with Crippen LogP contribution in [-0.4, -0.2) is 52.4 Å². The molecule has 3 rings (SSSR count). The van der Waals surface area contributed by atoms with Gasteiger partial charge in [-0.25, -0.2) is 4.79 Å². The van der Waals surface area contributed by atoms with Crippen LogP contribution in [0.3, 0.4) is 0 Å². The highest BCUT2D eigenvalue weighted by Crippen LogP contribution is 2.27. The number of ether oxygens (including phenoxy) is 1. The lowest BCUT2D eigenvalue weighted by Gasteiger charge is -2.31. The number of phenols is 1. The Bertz CT molecular complexity index is 1260. The summed E-state index contributed by atoms with van der Waals surface area (Å²) < 4.78 is 5.26. The van der Waals surface area contributed by atoms with E-state index in [0.717, 1.165) is 10.8 Å². The van der Waals surface area contributed by atoms with Crippen molar-refractivity contribution in [2.45, 2.75) is 38.5 Å². The molecule has 2 unspecified atom stereocenters. The van der Waals surface area contributed by atoms with Crippen molar-refractivity contribution in [3.05, 3.63) is 72.3 Å². The van der Waals surface area contributed by atoms with Gasteiger partial charge in [-0.3, -0.25) is 9.59 Å². The number of carbonyl (C=O) groups excluding carboxylic acids is 3. The number of likely N-dealkylation sites (N-methyl/N-ethyl adjacent to an activating group) is 1. The standard InChI is InChI=1S/C27H31N3O5S/c1-27(2,3)35-26(34)29-22(16-36)25(33)30(4)23(19-10-7-11-21(31)15-19)24(32)28-20-13-12-17-8-5-6-9-18(17)14-20/h5-15,22-23,31,36H,16H2,1-4H3,(H,28,32)(H,29,34). The van der Waals surface area contributed by atoms with E-state index in [1.165, 1.54) is 24.1 Å². The van der Waals surface area contributed by atoms with Gasteiger partial charge in [0.05, 0.1) is 0 Å². The fourth-order valence-corrected chi connectivity index (χ4v) is 3.98. The second kappa shape index (κ2) is 11.3. The van der Waals surface area contributed by atoms with E-state index in [-0.39, 0.29) is 11.5 Å². The van der Waals surface area contributed by atoms with E-state index in [0.29, 0.717) is 11.3 Å². The third kappa shape index (κ3) is 6.91. The fraction of sp³-hybridized carbons (Fsp3) is 0.296. The Morgan fingerprint density at radius 3 is 2.33 bits per heavy atom. The molecule has 3 amide bonds. The van der Waals surface area contributed by atoms with Gasteiger partial charge in [0.25, 0.3) is 5.91 Å². The molecule has 0 aromatic heterocycles. The van der Waals surface area contributed by atoms with Crippen LogP contribution in [0.5, 0.6) is 5.75 Å². The first-order valence-electron chi connectivity index (χ1n) is 11.4. The molecule has 9 heteroatoms. The predicted molar refractivity (Wildman–Crippen MR) is 143 cm³/mol. The molecular formula is C27H31N3O5S. The highest BCUT2D eigenvalue weighted by molar-refractivity contribution is 7.80. The summed E-state index contributed by atoms with van der Waals surface area (Å²) in [6.07, 6.45) is -0.766. The maximum atomic E-state index is 13.5. The molecule has 0 aliphatic rings. The Morgan fingerprint density at radius 1 is 1.00 bits per heavy atom. The van der Waals surface area contributed by atoms with Crippen LogP contribution < -0.4 is 10.6 Å². The van der Waals surface area contributed by atoms with Crippen LogP contribution in [-0.2, 0) is 14.3 Å². The SMILES string of the molecule is CN(C(=O)C(CS)NC(=O)OC(C)(C)C)C(C(=O)Nc1ccc2ccccc2c1)c1cccc(O)c1. The number of rotatable bonds is 7. The van der Waals surface area contributed by atoms with Gasteiger partial charge in [0.15, 0.2) is 0 Å². The number of amides is 3. The minimum Gasteiger partial charge on any atom is -0.508 e. The van der Waals surface area contributed by atoms with Gasteiger partial charge in [0.1, 0.15) is 23.4 Å². The van der Waals surface area contributed by atoms with Crippen LogP contribution in [0, 0.1) is 0 Å². The molecular weight excluding hydrogens is 478 g/mol. The number of alkyl carbamates (subject to hydrolysis) is 1. The zero-order valence-electron chi connectivity index (χ0n) is 20.7. The highest BCUT2D eigenvalue weighted by atomic mass is 32.1. The quantitative estimate of drug-likeness (QED) is 0.351. The third-order valence-corrected chi connectivity index (χ3v) is 5.72. The summed E-state index contributed by atoms with van der Waals surface area (Å²) in [7, 11) is 1.46. The molecule has 3 aromatic rings. The molecule has 0 bridgehead atoms. The summed E-state index contributed by atoms with van der Waals surface area (Å²) in [6, 6.07) is 17.3. The van der Waals surface area contributed by atoms with E-state index in [2.05, 4.69) is 23.3 Å². The van der Waals surface area contributed by atoms with Gasteiger partial charge in [-0.05, 0) is 61.4 Å². The Hall–Kier alpha value is -3.72. The van der Waals surface area contributed by atoms with Crippen LogP contribution in [0.25, 0.3) is 10.8 Å². The number of thiol groups is 1. The van der Waals surface area contributed by atoms with Gasteiger partial charge in [-0.1, -0.05) is 42.5 Å².